The predicted molar refractivity (Wildman–Crippen MR) is 97.2 cm³/mol. The number of rotatable bonds is 6. The number of terminal acetylenes is 1. The monoisotopic (exact) mass is 401 g/mol. The van der Waals surface area contributed by atoms with E-state index in [1.807, 2.05) is 6.92 Å². The van der Waals surface area contributed by atoms with Crippen molar-refractivity contribution in [3.8, 4) is 18.1 Å². The fourth-order valence-corrected chi connectivity index (χ4v) is 4.14. The number of hydrogen-bond acceptors (Lipinski definition) is 3. The van der Waals surface area contributed by atoms with E-state index in [0.29, 0.717) is 16.5 Å². The summed E-state index contributed by atoms with van der Waals surface area (Å²) < 4.78 is 20.1. The van der Waals surface area contributed by atoms with Crippen molar-refractivity contribution in [1.82, 2.24) is 10.3 Å². The van der Waals surface area contributed by atoms with Crippen molar-refractivity contribution in [2.24, 2.45) is 0 Å². The van der Waals surface area contributed by atoms with E-state index in [4.69, 9.17) is 11.2 Å². The molecule has 0 saturated carbocycles. The molecule has 25 heavy (non-hydrogen) atoms. The molecule has 1 aromatic heterocycles. The summed E-state index contributed by atoms with van der Waals surface area (Å²) in [4.78, 5) is 17.0. The number of carbonyl (C=O) groups is 1. The van der Waals surface area contributed by atoms with Crippen LogP contribution in [0.4, 0.5) is 4.39 Å². The molecule has 0 bridgehead atoms. The van der Waals surface area contributed by atoms with E-state index in [-0.39, 0.29) is 11.7 Å². The number of benzene rings is 1. The van der Waals surface area contributed by atoms with Crippen LogP contribution in [0.25, 0.3) is 0 Å². The molecule has 2 aromatic rings. The van der Waals surface area contributed by atoms with Crippen LogP contribution >= 0.6 is 0 Å². The van der Waals surface area contributed by atoms with Gasteiger partial charge >= 0.3 is 154 Å². The maximum atomic E-state index is 13.6. The van der Waals surface area contributed by atoms with Crippen LogP contribution in [0.1, 0.15) is 30.6 Å². The van der Waals surface area contributed by atoms with Crippen molar-refractivity contribution in [3.05, 3.63) is 47.9 Å². The second-order valence-electron chi connectivity index (χ2n) is 5.59. The molecule has 6 heteroatoms. The Morgan fingerprint density at radius 2 is 2.24 bits per heavy atom. The number of nitrogens with zero attached hydrogens (tertiary/aromatic N) is 1. The number of amides is 1. The molecular weight excluding hydrogens is 382 g/mol. The maximum absolute atomic E-state index is 13.6. The van der Waals surface area contributed by atoms with Gasteiger partial charge in [0.25, 0.3) is 0 Å². The molecule has 2 rings (SSSR count). The Bertz CT molecular complexity index is 819. The van der Waals surface area contributed by atoms with Crippen molar-refractivity contribution in [1.29, 1.82) is 0 Å². The molecule has 0 fully saturated rings. The molecule has 1 N–H and O–H groups in total. The summed E-state index contributed by atoms with van der Waals surface area (Å²) in [5, 5.41) is 2.88. The van der Waals surface area contributed by atoms with Gasteiger partial charge in [-0.25, -0.2) is 0 Å². The Labute approximate surface area is 153 Å². The van der Waals surface area contributed by atoms with Gasteiger partial charge in [-0.2, -0.15) is 0 Å². The van der Waals surface area contributed by atoms with Crippen LogP contribution in [0, 0.1) is 18.2 Å². The molecule has 1 amide bonds. The number of aromatic nitrogens is 1. The van der Waals surface area contributed by atoms with Gasteiger partial charge in [0.05, 0.1) is 0 Å². The summed E-state index contributed by atoms with van der Waals surface area (Å²) in [6, 6.07) is 8.12. The molecule has 1 heterocycles. The molecule has 129 valence electrons. The average Bonchev–Trinajstić information content (AvgIpc) is 2.63. The van der Waals surface area contributed by atoms with Gasteiger partial charge in [0, 0.05) is 0 Å². The first-order chi connectivity index (χ1) is 11.9. The first kappa shape index (κ1) is 19.0. The van der Waals surface area contributed by atoms with Gasteiger partial charge in [-0.15, -0.1) is 0 Å². The zero-order valence-electron chi connectivity index (χ0n) is 14.3. The molecule has 0 aliphatic heterocycles. The Morgan fingerprint density at radius 3 is 2.88 bits per heavy atom. The van der Waals surface area contributed by atoms with E-state index in [1.54, 1.807) is 37.4 Å². The summed E-state index contributed by atoms with van der Waals surface area (Å²) in [6.07, 6.45) is 7.79. The number of pyridine rings is 1. The van der Waals surface area contributed by atoms with Crippen LogP contribution in [-0.2, 0) is 0 Å². The number of methoxy groups -OCH3 is 1. The van der Waals surface area contributed by atoms with Crippen molar-refractivity contribution in [2.75, 3.05) is 7.11 Å². The van der Waals surface area contributed by atoms with Gasteiger partial charge in [0.15, 0.2) is 0 Å². The number of halogens is 1. The molecule has 1 aromatic carbocycles. The second kappa shape index (κ2) is 8.18. The van der Waals surface area contributed by atoms with Crippen molar-refractivity contribution < 1.29 is 13.9 Å². The van der Waals surface area contributed by atoms with E-state index in [1.165, 1.54) is 13.2 Å². The molecule has 1 radical (unpaired) electrons. The third-order valence-electron chi connectivity index (χ3n) is 3.82. The standard InChI is InChI=1S/C19H19AsFN2O2/c1-5-19(3,6-2)23-18(24)14-8-7-11-22-17(14)20-13-9-10-15(21)16(12-13)25-4/h1,7-12H,6H2,2-4H3,(H,23,24). The third-order valence-corrected chi connectivity index (χ3v) is 6.13. The molecular formula is C19H19AsFN2O2. The van der Waals surface area contributed by atoms with E-state index in [2.05, 4.69) is 16.2 Å². The van der Waals surface area contributed by atoms with Crippen LogP contribution < -0.4 is 18.9 Å². The Morgan fingerprint density at radius 1 is 1.48 bits per heavy atom. The van der Waals surface area contributed by atoms with Crippen LogP contribution in [0.2, 0.25) is 0 Å². The fraction of sp³-hybridized carbons (Fsp3) is 0.263. The summed E-state index contributed by atoms with van der Waals surface area (Å²) in [5.41, 5.74) is -0.222. The summed E-state index contributed by atoms with van der Waals surface area (Å²) >= 11 is -0.613. The van der Waals surface area contributed by atoms with Crippen LogP contribution in [0.15, 0.2) is 36.5 Å². The van der Waals surface area contributed by atoms with Gasteiger partial charge < -0.3 is 0 Å². The Balaban J connectivity index is 2.29. The van der Waals surface area contributed by atoms with Crippen molar-refractivity contribution in [3.63, 3.8) is 0 Å². The molecule has 0 saturated heterocycles. The molecule has 1 atom stereocenters. The van der Waals surface area contributed by atoms with Crippen LogP contribution in [0.3, 0.4) is 0 Å². The first-order valence-corrected chi connectivity index (χ1v) is 9.60. The summed E-state index contributed by atoms with van der Waals surface area (Å²) in [5.74, 6) is 2.13. The van der Waals surface area contributed by atoms with E-state index in [9.17, 15) is 9.18 Å². The van der Waals surface area contributed by atoms with E-state index in [0.717, 1.165) is 4.35 Å². The van der Waals surface area contributed by atoms with Crippen molar-refractivity contribution >= 4 is 30.5 Å². The predicted octanol–water partition coefficient (Wildman–Crippen LogP) is 1.42. The Hall–Kier alpha value is -2.31. The topological polar surface area (TPSA) is 51.2 Å². The van der Waals surface area contributed by atoms with Gasteiger partial charge in [-0.3, -0.25) is 0 Å². The number of hydrogen-bond donors (Lipinski definition) is 1. The number of ether oxygens (including phenoxy) is 1. The third kappa shape index (κ3) is 4.61. The van der Waals surface area contributed by atoms with Crippen molar-refractivity contribution in [2.45, 2.75) is 25.8 Å². The minimum absolute atomic E-state index is 0.181. The second-order valence-corrected chi connectivity index (χ2v) is 8.03. The average molecular weight is 401 g/mol. The zero-order valence-corrected chi connectivity index (χ0v) is 16.2. The molecule has 0 spiro atoms. The quantitative estimate of drug-likeness (QED) is 0.589. The summed E-state index contributed by atoms with van der Waals surface area (Å²) in [7, 11) is 1.42. The molecule has 1 unspecified atom stereocenters. The number of nitrogens with one attached hydrogen (secondary N) is 1. The van der Waals surface area contributed by atoms with Gasteiger partial charge in [-0.05, 0) is 0 Å². The first-order valence-electron chi connectivity index (χ1n) is 7.73. The normalized spacial score (nSPS) is 13.2. The van der Waals surface area contributed by atoms with E-state index < -0.39 is 27.1 Å². The van der Waals surface area contributed by atoms with Gasteiger partial charge in [0.1, 0.15) is 0 Å². The van der Waals surface area contributed by atoms with Crippen LogP contribution in [0.5, 0.6) is 5.75 Å². The Kier molecular flexibility index (Phi) is 6.22. The molecule has 4 nitrogen and oxygen atoms in total. The SMILES string of the molecule is C#CC(C)(CC)NC(=O)c1cccnc1[As]c1ccc(F)c(OC)c1. The van der Waals surface area contributed by atoms with Gasteiger partial charge in [-0.1, -0.05) is 0 Å². The zero-order chi connectivity index (χ0) is 18.4. The van der Waals surface area contributed by atoms with E-state index >= 15 is 0 Å². The fourth-order valence-electron chi connectivity index (χ4n) is 2.05. The minimum atomic E-state index is -0.709. The van der Waals surface area contributed by atoms with Crippen LogP contribution in [-0.4, -0.2) is 39.3 Å². The summed E-state index contributed by atoms with van der Waals surface area (Å²) in [6.45, 7) is 3.72. The molecule has 0 aliphatic carbocycles. The van der Waals surface area contributed by atoms with Gasteiger partial charge in [0.2, 0.25) is 0 Å². The number of carbonyl (C=O) groups excluding carboxylic acids is 1. The molecule has 0 aliphatic rings.